The molecule has 4 aromatic rings. The molecule has 0 amide bonds. The summed E-state index contributed by atoms with van der Waals surface area (Å²) in [5.74, 6) is 1.20. The molecule has 28 heavy (non-hydrogen) atoms. The van der Waals surface area contributed by atoms with Crippen LogP contribution in [0.3, 0.4) is 0 Å². The van der Waals surface area contributed by atoms with Gasteiger partial charge in [0, 0.05) is 25.7 Å². The van der Waals surface area contributed by atoms with Gasteiger partial charge in [-0.3, -0.25) is 9.69 Å². The highest BCUT2D eigenvalue weighted by molar-refractivity contribution is 5.79. The van der Waals surface area contributed by atoms with Crippen LogP contribution in [0.4, 0.5) is 0 Å². The maximum Gasteiger partial charge on any atom is 0.327 e. The first-order valence-electron chi connectivity index (χ1n) is 9.11. The number of benzene rings is 1. The molecule has 1 atom stereocenters. The molecular formula is C20H19N5O3. The number of aromatic amines is 1. The number of nitrogens with zero attached hydrogens (tertiary/aromatic N) is 4. The number of carboxylic acids is 1. The second kappa shape index (κ2) is 6.35. The molecule has 8 heteroatoms. The van der Waals surface area contributed by atoms with Crippen LogP contribution in [0.2, 0.25) is 0 Å². The number of nitrogens with one attached hydrogen (secondary N) is 1. The lowest BCUT2D eigenvalue weighted by atomic mass is 10.0. The quantitative estimate of drug-likeness (QED) is 0.567. The number of hydrogen-bond acceptors (Lipinski definition) is 5. The average molecular weight is 377 g/mol. The van der Waals surface area contributed by atoms with Gasteiger partial charge in [-0.1, -0.05) is 12.1 Å². The lowest BCUT2D eigenvalue weighted by Crippen LogP contribution is -2.39. The average Bonchev–Trinajstić information content (AvgIpc) is 3.40. The Bertz CT molecular complexity index is 1170. The number of hydrogen-bond donors (Lipinski definition) is 2. The first-order chi connectivity index (χ1) is 13.6. The van der Waals surface area contributed by atoms with E-state index in [1.165, 1.54) is 0 Å². The normalized spacial score (nSPS) is 17.1. The zero-order valence-electron chi connectivity index (χ0n) is 15.3. The van der Waals surface area contributed by atoms with Crippen LogP contribution >= 0.6 is 0 Å². The van der Waals surface area contributed by atoms with Gasteiger partial charge in [-0.05, 0) is 24.3 Å². The zero-order valence-corrected chi connectivity index (χ0v) is 15.3. The number of H-pyrrole nitrogens is 1. The van der Waals surface area contributed by atoms with Crippen molar-refractivity contribution in [3.05, 3.63) is 59.9 Å². The maximum atomic E-state index is 11.8. The van der Waals surface area contributed by atoms with Crippen molar-refractivity contribution in [2.45, 2.75) is 19.0 Å². The molecule has 4 heterocycles. The van der Waals surface area contributed by atoms with Gasteiger partial charge in [0.15, 0.2) is 17.6 Å². The molecule has 0 saturated carbocycles. The molecule has 1 aromatic carbocycles. The van der Waals surface area contributed by atoms with E-state index in [1.807, 2.05) is 52.9 Å². The third kappa shape index (κ3) is 2.61. The summed E-state index contributed by atoms with van der Waals surface area (Å²) in [6.45, 7) is 1.02. The summed E-state index contributed by atoms with van der Waals surface area (Å²) in [6, 6.07) is 10.9. The van der Waals surface area contributed by atoms with E-state index in [0.717, 1.165) is 29.0 Å². The van der Waals surface area contributed by atoms with Crippen LogP contribution in [0.1, 0.15) is 23.2 Å². The summed E-state index contributed by atoms with van der Waals surface area (Å²) in [5, 5.41) is 9.71. The van der Waals surface area contributed by atoms with E-state index in [2.05, 4.69) is 15.0 Å². The van der Waals surface area contributed by atoms with Gasteiger partial charge in [-0.25, -0.2) is 9.97 Å². The van der Waals surface area contributed by atoms with Crippen LogP contribution in [-0.2, 0) is 24.8 Å². The molecule has 0 fully saturated rings. The van der Waals surface area contributed by atoms with Gasteiger partial charge >= 0.3 is 5.97 Å². The largest absolute Gasteiger partial charge is 0.480 e. The predicted molar refractivity (Wildman–Crippen MR) is 101 cm³/mol. The molecule has 0 radical (unpaired) electrons. The van der Waals surface area contributed by atoms with Gasteiger partial charge in [0.25, 0.3) is 0 Å². The second-order valence-corrected chi connectivity index (χ2v) is 6.98. The van der Waals surface area contributed by atoms with Crippen LogP contribution in [0, 0.1) is 0 Å². The fourth-order valence-corrected chi connectivity index (χ4v) is 3.92. The monoisotopic (exact) mass is 377 g/mol. The number of carboxylic acid groups (broad SMARTS) is 1. The SMILES string of the molecule is Cn1c(-c2ccc(CN3CCc4[nH]cnc4[C@@H]3C(=O)O)o2)nc2ccccc21. The molecule has 8 nitrogen and oxygen atoms in total. The Kier molecular flexibility index (Phi) is 3.80. The van der Waals surface area contributed by atoms with E-state index in [-0.39, 0.29) is 0 Å². The van der Waals surface area contributed by atoms with Crippen molar-refractivity contribution in [1.82, 2.24) is 24.4 Å². The second-order valence-electron chi connectivity index (χ2n) is 6.98. The van der Waals surface area contributed by atoms with E-state index in [4.69, 9.17) is 4.42 Å². The molecule has 1 aliphatic rings. The van der Waals surface area contributed by atoms with Crippen molar-refractivity contribution in [3.63, 3.8) is 0 Å². The Labute approximate surface area is 160 Å². The maximum absolute atomic E-state index is 11.8. The minimum atomic E-state index is -0.907. The lowest BCUT2D eigenvalue weighted by molar-refractivity contribution is -0.144. The minimum Gasteiger partial charge on any atom is -0.480 e. The number of imidazole rings is 2. The summed E-state index contributed by atoms with van der Waals surface area (Å²) < 4.78 is 8.03. The number of para-hydroxylation sites is 2. The topological polar surface area (TPSA) is 100 Å². The number of aryl methyl sites for hydroxylation is 1. The van der Waals surface area contributed by atoms with E-state index < -0.39 is 12.0 Å². The molecule has 2 N–H and O–H groups in total. The van der Waals surface area contributed by atoms with Crippen LogP contribution < -0.4 is 0 Å². The Morgan fingerprint density at radius 1 is 1.32 bits per heavy atom. The molecule has 0 saturated heterocycles. The summed E-state index contributed by atoms with van der Waals surface area (Å²) >= 11 is 0. The first-order valence-corrected chi connectivity index (χ1v) is 9.11. The third-order valence-electron chi connectivity index (χ3n) is 5.29. The molecule has 5 rings (SSSR count). The number of fused-ring (bicyclic) bond motifs is 2. The van der Waals surface area contributed by atoms with Crippen LogP contribution in [0.25, 0.3) is 22.6 Å². The van der Waals surface area contributed by atoms with Crippen molar-refractivity contribution in [3.8, 4) is 11.6 Å². The Morgan fingerprint density at radius 3 is 3.00 bits per heavy atom. The number of carbonyl (C=O) groups is 1. The zero-order chi connectivity index (χ0) is 19.3. The molecule has 0 spiro atoms. The molecule has 0 unspecified atom stereocenters. The molecule has 3 aromatic heterocycles. The highest BCUT2D eigenvalue weighted by Gasteiger charge is 2.35. The van der Waals surface area contributed by atoms with E-state index in [9.17, 15) is 9.90 Å². The summed E-state index contributed by atoms with van der Waals surface area (Å²) in [7, 11) is 1.96. The van der Waals surface area contributed by atoms with Crippen molar-refractivity contribution in [2.75, 3.05) is 6.54 Å². The summed E-state index contributed by atoms with van der Waals surface area (Å²) in [4.78, 5) is 25.6. The van der Waals surface area contributed by atoms with E-state index in [0.29, 0.717) is 30.3 Å². The van der Waals surface area contributed by atoms with Crippen molar-refractivity contribution in [1.29, 1.82) is 0 Å². The third-order valence-corrected chi connectivity index (χ3v) is 5.29. The number of aliphatic carboxylic acids is 1. The minimum absolute atomic E-state index is 0.396. The van der Waals surface area contributed by atoms with Crippen molar-refractivity contribution in [2.24, 2.45) is 7.05 Å². The molecule has 0 bridgehead atoms. The highest BCUT2D eigenvalue weighted by Crippen LogP contribution is 2.31. The van der Waals surface area contributed by atoms with Crippen LogP contribution in [0.5, 0.6) is 0 Å². The van der Waals surface area contributed by atoms with Crippen LogP contribution in [0.15, 0.2) is 47.1 Å². The molecule has 142 valence electrons. The fraction of sp³-hybridized carbons (Fsp3) is 0.250. The summed E-state index contributed by atoms with van der Waals surface area (Å²) in [5.41, 5.74) is 3.42. The summed E-state index contributed by atoms with van der Waals surface area (Å²) in [6.07, 6.45) is 2.29. The van der Waals surface area contributed by atoms with Gasteiger partial charge in [0.05, 0.1) is 29.6 Å². The van der Waals surface area contributed by atoms with Gasteiger partial charge in [-0.15, -0.1) is 0 Å². The Morgan fingerprint density at radius 2 is 2.18 bits per heavy atom. The van der Waals surface area contributed by atoms with Crippen molar-refractivity contribution >= 4 is 17.0 Å². The highest BCUT2D eigenvalue weighted by atomic mass is 16.4. The van der Waals surface area contributed by atoms with E-state index in [1.54, 1.807) is 6.33 Å². The van der Waals surface area contributed by atoms with Crippen molar-refractivity contribution < 1.29 is 14.3 Å². The Hall–Kier alpha value is -3.39. The lowest BCUT2D eigenvalue weighted by Gasteiger charge is -2.31. The number of rotatable bonds is 4. The molecular weight excluding hydrogens is 358 g/mol. The molecule has 0 aliphatic carbocycles. The number of furan rings is 1. The Balaban J connectivity index is 1.44. The first kappa shape index (κ1) is 16.8. The van der Waals surface area contributed by atoms with Gasteiger partial charge < -0.3 is 19.1 Å². The smallest absolute Gasteiger partial charge is 0.327 e. The molecule has 1 aliphatic heterocycles. The fourth-order valence-electron chi connectivity index (χ4n) is 3.92. The number of aromatic nitrogens is 4. The standard InChI is InChI=1S/C20H19N5O3/c1-24-15-5-3-2-4-13(15)23-19(24)16-7-6-12(28-16)10-25-9-8-14-17(22-11-21-14)18(25)20(26)27/h2-7,11,18H,8-10H2,1H3,(H,21,22)(H,26,27)/t18-/m1/s1. The van der Waals surface area contributed by atoms with E-state index >= 15 is 0 Å². The van der Waals surface area contributed by atoms with Crippen LogP contribution in [-0.4, -0.2) is 42.0 Å². The van der Waals surface area contributed by atoms with Gasteiger partial charge in [0.1, 0.15) is 5.76 Å². The van der Waals surface area contributed by atoms with Gasteiger partial charge in [0.2, 0.25) is 0 Å². The van der Waals surface area contributed by atoms with Gasteiger partial charge in [-0.2, -0.15) is 0 Å². The predicted octanol–water partition coefficient (Wildman–Crippen LogP) is 2.74.